The van der Waals surface area contributed by atoms with Crippen molar-refractivity contribution in [2.45, 2.75) is 5.72 Å². The van der Waals surface area contributed by atoms with Crippen molar-refractivity contribution in [1.82, 2.24) is 0 Å². The Morgan fingerprint density at radius 1 is 1.07 bits per heavy atom. The number of methoxy groups -OCH3 is 1. The van der Waals surface area contributed by atoms with Crippen LogP contribution in [0.5, 0.6) is 0 Å². The number of halogens is 1. The number of aliphatic hydroxyl groups excluding tert-OH is 1. The number of amides is 1. The van der Waals surface area contributed by atoms with Crippen molar-refractivity contribution in [1.29, 1.82) is 0 Å². The Kier molecular flexibility index (Phi) is 4.86. The van der Waals surface area contributed by atoms with Crippen LogP contribution in [0, 0.1) is 0 Å². The highest BCUT2D eigenvalue weighted by molar-refractivity contribution is 9.10. The van der Waals surface area contributed by atoms with Gasteiger partial charge in [-0.2, -0.15) is 0 Å². The average molecular weight is 432 g/mol. The molecule has 1 amide bonds. The van der Waals surface area contributed by atoms with E-state index in [0.29, 0.717) is 9.37 Å². The summed E-state index contributed by atoms with van der Waals surface area (Å²) in [5, 5.41) is 21.8. The van der Waals surface area contributed by atoms with Gasteiger partial charge in [-0.05, 0) is 24.3 Å². The first-order valence-corrected chi connectivity index (χ1v) is 8.56. The van der Waals surface area contributed by atoms with Gasteiger partial charge in [0, 0.05) is 15.7 Å². The summed E-state index contributed by atoms with van der Waals surface area (Å²) in [5.41, 5.74) is -3.32. The van der Waals surface area contributed by atoms with Crippen LogP contribution in [0.15, 0.2) is 64.6 Å². The van der Waals surface area contributed by atoms with Crippen molar-refractivity contribution in [2.24, 2.45) is 0 Å². The number of benzene rings is 2. The molecule has 0 aliphatic carbocycles. The lowest BCUT2D eigenvalue weighted by atomic mass is 9.97. The molecule has 0 unspecified atom stereocenters. The van der Waals surface area contributed by atoms with Gasteiger partial charge in [-0.1, -0.05) is 46.3 Å². The molecule has 0 spiro atoms. The molecule has 0 saturated carbocycles. The van der Waals surface area contributed by atoms with Gasteiger partial charge in [0.1, 0.15) is 11.3 Å². The number of carbonyl (C=O) groups is 3. The van der Waals surface area contributed by atoms with Crippen molar-refractivity contribution < 1.29 is 29.3 Å². The van der Waals surface area contributed by atoms with Crippen LogP contribution in [0.3, 0.4) is 0 Å². The molecule has 1 aliphatic rings. The highest BCUT2D eigenvalue weighted by Crippen LogP contribution is 2.39. The van der Waals surface area contributed by atoms with Crippen molar-refractivity contribution in [3.05, 3.63) is 70.2 Å². The number of Topliss-reactive ketones (excluding diaryl/α,β-unsaturated/α-hetero) is 1. The monoisotopic (exact) mass is 431 g/mol. The quantitative estimate of drug-likeness (QED) is 0.334. The molecule has 2 N–H and O–H groups in total. The van der Waals surface area contributed by atoms with Gasteiger partial charge in [0.25, 0.3) is 11.5 Å². The van der Waals surface area contributed by atoms with Crippen LogP contribution >= 0.6 is 15.9 Å². The Balaban J connectivity index is 2.28. The Hall–Kier alpha value is -2.97. The van der Waals surface area contributed by atoms with Crippen molar-refractivity contribution in [3.63, 3.8) is 0 Å². The van der Waals surface area contributed by atoms with E-state index in [1.54, 1.807) is 30.3 Å². The molecule has 0 bridgehead atoms. The zero-order valence-corrected chi connectivity index (χ0v) is 15.6. The maximum Gasteiger partial charge on any atom is 0.365 e. The lowest BCUT2D eigenvalue weighted by Gasteiger charge is -2.30. The van der Waals surface area contributed by atoms with E-state index in [4.69, 9.17) is 0 Å². The van der Waals surface area contributed by atoms with Gasteiger partial charge < -0.3 is 14.9 Å². The maximum atomic E-state index is 12.6. The largest absolute Gasteiger partial charge is 0.507 e. The number of ether oxygens (including phenoxy) is 1. The molecule has 3 rings (SSSR count). The molecule has 27 heavy (non-hydrogen) atoms. The summed E-state index contributed by atoms with van der Waals surface area (Å²) in [6.45, 7) is 0. The number of esters is 1. The van der Waals surface area contributed by atoms with Gasteiger partial charge in [0.2, 0.25) is 0 Å². The van der Waals surface area contributed by atoms with E-state index >= 15 is 0 Å². The molecule has 2 aromatic carbocycles. The minimum atomic E-state index is -2.80. The van der Waals surface area contributed by atoms with Gasteiger partial charge in [-0.15, -0.1) is 0 Å². The Morgan fingerprint density at radius 2 is 1.67 bits per heavy atom. The summed E-state index contributed by atoms with van der Waals surface area (Å²) in [6.07, 6.45) is 0. The summed E-state index contributed by atoms with van der Waals surface area (Å²) in [7, 11) is 1.01. The average Bonchev–Trinajstić information content (AvgIpc) is 2.88. The zero-order valence-electron chi connectivity index (χ0n) is 14.0. The third-order valence-corrected chi connectivity index (χ3v) is 4.66. The molecule has 0 aromatic heterocycles. The standard InChI is InChI=1S/C19H14BrNO6/c1-27-18(25)19(26)14(15(22)11-7-9-12(20)10-8-11)16(23)17(24)21(19)13-5-3-2-4-6-13/h2-10,22,26H,1H3/t19-/m1/s1. The number of hydrogen-bond acceptors (Lipinski definition) is 6. The zero-order chi connectivity index (χ0) is 19.8. The second kappa shape index (κ2) is 6.98. The van der Waals surface area contributed by atoms with E-state index in [1.165, 1.54) is 24.3 Å². The lowest BCUT2D eigenvalue weighted by molar-refractivity contribution is -0.158. The van der Waals surface area contributed by atoms with Gasteiger partial charge in [0.05, 0.1) is 7.11 Å². The van der Waals surface area contributed by atoms with E-state index in [-0.39, 0.29) is 11.3 Å². The minimum absolute atomic E-state index is 0.0994. The number of para-hydroxylation sites is 1. The third-order valence-electron chi connectivity index (χ3n) is 4.14. The summed E-state index contributed by atoms with van der Waals surface area (Å²) >= 11 is 3.25. The number of ketones is 1. The minimum Gasteiger partial charge on any atom is -0.507 e. The molecule has 8 heteroatoms. The van der Waals surface area contributed by atoms with Crippen LogP contribution in [0.4, 0.5) is 5.69 Å². The molecular weight excluding hydrogens is 418 g/mol. The smallest absolute Gasteiger partial charge is 0.365 e. The Morgan fingerprint density at radius 3 is 2.22 bits per heavy atom. The topological polar surface area (TPSA) is 104 Å². The summed E-state index contributed by atoms with van der Waals surface area (Å²) in [5.74, 6) is -4.32. The number of nitrogens with zero attached hydrogens (tertiary/aromatic N) is 1. The third kappa shape index (κ3) is 2.92. The normalized spacial score (nSPS) is 21.4. The number of hydrogen-bond donors (Lipinski definition) is 2. The molecule has 1 atom stereocenters. The number of carbonyl (C=O) groups excluding carboxylic acids is 3. The van der Waals surface area contributed by atoms with Gasteiger partial charge in [0.15, 0.2) is 0 Å². The van der Waals surface area contributed by atoms with Crippen LogP contribution in [-0.4, -0.2) is 40.7 Å². The van der Waals surface area contributed by atoms with Crippen molar-refractivity contribution in [2.75, 3.05) is 12.0 Å². The fraction of sp³-hybridized carbons (Fsp3) is 0.105. The number of aliphatic hydroxyl groups is 2. The van der Waals surface area contributed by atoms with E-state index in [0.717, 1.165) is 7.11 Å². The predicted molar refractivity (Wildman–Crippen MR) is 99.6 cm³/mol. The molecule has 1 fully saturated rings. The maximum absolute atomic E-state index is 12.6. The second-order valence-electron chi connectivity index (χ2n) is 5.70. The molecule has 7 nitrogen and oxygen atoms in total. The Bertz CT molecular complexity index is 954. The number of anilines is 1. The van der Waals surface area contributed by atoms with Crippen LogP contribution < -0.4 is 4.90 Å². The molecular formula is C19H14BrNO6. The molecule has 138 valence electrons. The van der Waals surface area contributed by atoms with Crippen molar-refractivity contribution >= 4 is 45.0 Å². The molecule has 2 aromatic rings. The van der Waals surface area contributed by atoms with Crippen LogP contribution in [0.1, 0.15) is 5.56 Å². The van der Waals surface area contributed by atoms with Crippen LogP contribution in [0.25, 0.3) is 5.76 Å². The Labute approximate surface area is 162 Å². The summed E-state index contributed by atoms with van der Waals surface area (Å²) < 4.78 is 5.35. The highest BCUT2D eigenvalue weighted by atomic mass is 79.9. The van der Waals surface area contributed by atoms with E-state index in [2.05, 4.69) is 20.7 Å². The van der Waals surface area contributed by atoms with Crippen LogP contribution in [-0.2, 0) is 19.1 Å². The van der Waals surface area contributed by atoms with E-state index in [9.17, 15) is 24.6 Å². The lowest BCUT2D eigenvalue weighted by Crippen LogP contribution is -2.54. The fourth-order valence-electron chi connectivity index (χ4n) is 2.87. The molecule has 1 aliphatic heterocycles. The molecule has 0 radical (unpaired) electrons. The fourth-order valence-corrected chi connectivity index (χ4v) is 3.13. The highest BCUT2D eigenvalue weighted by Gasteiger charge is 2.62. The van der Waals surface area contributed by atoms with Gasteiger partial charge >= 0.3 is 11.9 Å². The number of rotatable bonds is 3. The summed E-state index contributed by atoms with van der Waals surface area (Å²) in [4.78, 5) is 38.3. The predicted octanol–water partition coefficient (Wildman–Crippen LogP) is 2.20. The molecule has 1 heterocycles. The first-order valence-electron chi connectivity index (χ1n) is 7.76. The van der Waals surface area contributed by atoms with Gasteiger partial charge in [-0.3, -0.25) is 14.5 Å². The molecule has 1 saturated heterocycles. The van der Waals surface area contributed by atoms with E-state index in [1.807, 2.05) is 0 Å². The second-order valence-corrected chi connectivity index (χ2v) is 6.62. The van der Waals surface area contributed by atoms with Crippen LogP contribution in [0.2, 0.25) is 0 Å². The SMILES string of the molecule is COC(=O)[C@]1(O)C(=C(O)c2ccc(Br)cc2)C(=O)C(=O)N1c1ccccc1. The first kappa shape index (κ1) is 18.8. The summed E-state index contributed by atoms with van der Waals surface area (Å²) in [6, 6.07) is 13.8. The first-order chi connectivity index (χ1) is 12.8. The van der Waals surface area contributed by atoms with Crippen molar-refractivity contribution in [3.8, 4) is 0 Å². The van der Waals surface area contributed by atoms with Gasteiger partial charge in [-0.25, -0.2) is 4.79 Å². The van der Waals surface area contributed by atoms with E-state index < -0.39 is 34.7 Å².